The number of benzene rings is 3. The van der Waals surface area contributed by atoms with E-state index in [1.165, 1.54) is 19.1 Å². The van der Waals surface area contributed by atoms with E-state index < -0.39 is 21.9 Å². The molecule has 0 aliphatic rings. The topological polar surface area (TPSA) is 104 Å². The van der Waals surface area contributed by atoms with Gasteiger partial charge in [-0.15, -0.1) is 12.4 Å². The van der Waals surface area contributed by atoms with Gasteiger partial charge in [-0.1, -0.05) is 67.6 Å². The van der Waals surface area contributed by atoms with Gasteiger partial charge in [-0.25, -0.2) is 13.2 Å². The van der Waals surface area contributed by atoms with Crippen molar-refractivity contribution in [2.45, 2.75) is 24.3 Å². The van der Waals surface area contributed by atoms with Crippen LogP contribution in [-0.4, -0.2) is 43.4 Å². The Labute approximate surface area is 200 Å². The van der Waals surface area contributed by atoms with E-state index in [0.717, 1.165) is 23.1 Å². The van der Waals surface area contributed by atoms with Gasteiger partial charge in [0, 0.05) is 6.54 Å². The summed E-state index contributed by atoms with van der Waals surface area (Å²) in [6, 6.07) is 21.6. The van der Waals surface area contributed by atoms with Gasteiger partial charge >= 0.3 is 5.97 Å². The van der Waals surface area contributed by atoms with E-state index in [4.69, 9.17) is 0 Å². The molecule has 0 heterocycles. The number of aliphatic hydroxyl groups is 1. The number of nitrogens with one attached hydrogen (secondary N) is 1. The number of rotatable bonds is 10. The standard InChI is InChI=1S/C25H27NO5S.ClH/c1-2-32(30,31)24-16-21(12-13-22(24)25(28)29)19-10-8-18(9-11-19)14-15-26-17-23(27)20-6-4-3-5-7-20;/h3-13,16,23,26-27H,2,14-15,17H2,1H3,(H,28,29);1H/t23-;/m1./s1. The molecule has 0 spiro atoms. The molecule has 0 aliphatic carbocycles. The van der Waals surface area contributed by atoms with Gasteiger partial charge in [-0.2, -0.15) is 0 Å². The summed E-state index contributed by atoms with van der Waals surface area (Å²) in [5.41, 5.74) is 3.22. The molecule has 176 valence electrons. The van der Waals surface area contributed by atoms with Crippen LogP contribution in [0.15, 0.2) is 77.7 Å². The fourth-order valence-corrected chi connectivity index (χ4v) is 4.53. The molecule has 0 fully saturated rings. The lowest BCUT2D eigenvalue weighted by molar-refractivity contribution is 0.0692. The second-order valence-corrected chi connectivity index (χ2v) is 9.74. The number of halogens is 1. The lowest BCUT2D eigenvalue weighted by Crippen LogP contribution is -2.23. The molecule has 3 aromatic rings. The van der Waals surface area contributed by atoms with E-state index in [2.05, 4.69) is 5.32 Å². The molecule has 3 aromatic carbocycles. The smallest absolute Gasteiger partial charge is 0.337 e. The highest BCUT2D eigenvalue weighted by molar-refractivity contribution is 7.91. The van der Waals surface area contributed by atoms with Crippen molar-refractivity contribution in [1.29, 1.82) is 0 Å². The molecule has 33 heavy (non-hydrogen) atoms. The zero-order valence-electron chi connectivity index (χ0n) is 18.3. The Morgan fingerprint density at radius 1 is 0.970 bits per heavy atom. The Hall–Kier alpha value is -2.71. The molecule has 6 nitrogen and oxygen atoms in total. The van der Waals surface area contributed by atoms with Crippen LogP contribution < -0.4 is 5.32 Å². The maximum absolute atomic E-state index is 12.4. The van der Waals surface area contributed by atoms with E-state index >= 15 is 0 Å². The number of hydrogen-bond donors (Lipinski definition) is 3. The highest BCUT2D eigenvalue weighted by atomic mass is 35.5. The number of aliphatic hydroxyl groups excluding tert-OH is 1. The summed E-state index contributed by atoms with van der Waals surface area (Å²) in [4.78, 5) is 11.3. The minimum atomic E-state index is -3.66. The molecule has 0 aliphatic heterocycles. The van der Waals surface area contributed by atoms with Crippen LogP contribution in [0.5, 0.6) is 0 Å². The SMILES string of the molecule is CCS(=O)(=O)c1cc(-c2ccc(CCNC[C@@H](O)c3ccccc3)cc2)ccc1C(=O)O.Cl. The van der Waals surface area contributed by atoms with Crippen LogP contribution in [0, 0.1) is 0 Å². The summed E-state index contributed by atoms with van der Waals surface area (Å²) in [5, 5.41) is 22.8. The van der Waals surface area contributed by atoms with Crippen molar-refractivity contribution in [3.8, 4) is 11.1 Å². The van der Waals surface area contributed by atoms with Crippen LogP contribution in [0.3, 0.4) is 0 Å². The first-order valence-corrected chi connectivity index (χ1v) is 12.1. The predicted molar refractivity (Wildman–Crippen MR) is 132 cm³/mol. The molecule has 1 atom stereocenters. The van der Waals surface area contributed by atoms with E-state index in [9.17, 15) is 23.4 Å². The van der Waals surface area contributed by atoms with Gasteiger partial charge in [-0.3, -0.25) is 0 Å². The molecule has 8 heteroatoms. The van der Waals surface area contributed by atoms with Crippen LogP contribution in [0.1, 0.15) is 34.5 Å². The maximum atomic E-state index is 12.4. The zero-order valence-corrected chi connectivity index (χ0v) is 19.9. The second kappa shape index (κ2) is 12.0. The average molecular weight is 490 g/mol. The molecular weight excluding hydrogens is 462 g/mol. The third-order valence-corrected chi connectivity index (χ3v) is 7.09. The molecule has 0 saturated heterocycles. The van der Waals surface area contributed by atoms with Gasteiger partial charge in [-0.05, 0) is 47.4 Å². The Morgan fingerprint density at radius 3 is 2.21 bits per heavy atom. The van der Waals surface area contributed by atoms with Crippen molar-refractivity contribution < 1.29 is 23.4 Å². The minimum absolute atomic E-state index is 0. The summed E-state index contributed by atoms with van der Waals surface area (Å²) in [5.74, 6) is -1.43. The first kappa shape index (κ1) is 26.5. The van der Waals surface area contributed by atoms with Crippen molar-refractivity contribution >= 4 is 28.2 Å². The van der Waals surface area contributed by atoms with Crippen LogP contribution in [-0.2, 0) is 16.3 Å². The summed E-state index contributed by atoms with van der Waals surface area (Å²) < 4.78 is 24.7. The maximum Gasteiger partial charge on any atom is 0.337 e. The van der Waals surface area contributed by atoms with Gasteiger partial charge < -0.3 is 15.5 Å². The minimum Gasteiger partial charge on any atom is -0.478 e. The lowest BCUT2D eigenvalue weighted by atomic mass is 10.0. The number of sulfone groups is 1. The Balaban J connectivity index is 0.00000385. The van der Waals surface area contributed by atoms with E-state index in [1.807, 2.05) is 54.6 Å². The van der Waals surface area contributed by atoms with Gasteiger partial charge in [0.2, 0.25) is 0 Å². The highest BCUT2D eigenvalue weighted by Gasteiger charge is 2.21. The van der Waals surface area contributed by atoms with Gasteiger partial charge in [0.15, 0.2) is 9.84 Å². The van der Waals surface area contributed by atoms with Crippen molar-refractivity contribution in [3.05, 3.63) is 89.5 Å². The fraction of sp³-hybridized carbons (Fsp3) is 0.240. The second-order valence-electron chi connectivity index (χ2n) is 7.50. The Kier molecular flexibility index (Phi) is 9.61. The summed E-state index contributed by atoms with van der Waals surface area (Å²) in [7, 11) is -3.66. The first-order chi connectivity index (χ1) is 15.3. The molecule has 3 rings (SSSR count). The largest absolute Gasteiger partial charge is 0.478 e. The first-order valence-electron chi connectivity index (χ1n) is 10.4. The molecular formula is C25H28ClNO5S. The number of carboxylic acids is 1. The third kappa shape index (κ3) is 6.88. The van der Waals surface area contributed by atoms with E-state index in [0.29, 0.717) is 18.7 Å². The number of aromatic carboxylic acids is 1. The third-order valence-electron chi connectivity index (χ3n) is 5.33. The van der Waals surface area contributed by atoms with E-state index in [-0.39, 0.29) is 28.6 Å². The quantitative estimate of drug-likeness (QED) is 0.370. The summed E-state index contributed by atoms with van der Waals surface area (Å²) in [6.45, 7) is 2.66. The van der Waals surface area contributed by atoms with Crippen LogP contribution in [0.25, 0.3) is 11.1 Å². The van der Waals surface area contributed by atoms with Crippen LogP contribution in [0.2, 0.25) is 0 Å². The number of carbonyl (C=O) groups is 1. The number of carboxylic acid groups (broad SMARTS) is 1. The van der Waals surface area contributed by atoms with Crippen molar-refractivity contribution in [2.75, 3.05) is 18.8 Å². The highest BCUT2D eigenvalue weighted by Crippen LogP contribution is 2.27. The van der Waals surface area contributed by atoms with Crippen LogP contribution >= 0.6 is 12.4 Å². The zero-order chi connectivity index (χ0) is 23.1. The molecule has 3 N–H and O–H groups in total. The predicted octanol–water partition coefficient (Wildman–Crippen LogP) is 4.13. The van der Waals surface area contributed by atoms with Crippen molar-refractivity contribution in [3.63, 3.8) is 0 Å². The molecule has 0 aromatic heterocycles. The van der Waals surface area contributed by atoms with Gasteiger partial charge in [0.05, 0.1) is 22.3 Å². The fourth-order valence-electron chi connectivity index (χ4n) is 3.42. The summed E-state index contributed by atoms with van der Waals surface area (Å²) >= 11 is 0. The molecule has 0 radical (unpaired) electrons. The molecule has 0 saturated carbocycles. The Bertz CT molecular complexity index is 1170. The Morgan fingerprint density at radius 2 is 1.61 bits per heavy atom. The van der Waals surface area contributed by atoms with Gasteiger partial charge in [0.1, 0.15) is 0 Å². The monoisotopic (exact) mass is 489 g/mol. The normalized spacial score (nSPS) is 12.1. The van der Waals surface area contributed by atoms with Gasteiger partial charge in [0.25, 0.3) is 0 Å². The molecule has 0 unspecified atom stereocenters. The molecule has 0 bridgehead atoms. The average Bonchev–Trinajstić information content (AvgIpc) is 2.82. The lowest BCUT2D eigenvalue weighted by Gasteiger charge is -2.12. The summed E-state index contributed by atoms with van der Waals surface area (Å²) in [6.07, 6.45) is 0.218. The number of hydrogen-bond acceptors (Lipinski definition) is 5. The molecule has 0 amide bonds. The van der Waals surface area contributed by atoms with Crippen molar-refractivity contribution in [2.24, 2.45) is 0 Å². The van der Waals surface area contributed by atoms with E-state index in [1.54, 1.807) is 6.07 Å². The van der Waals surface area contributed by atoms with Crippen LogP contribution in [0.4, 0.5) is 0 Å². The van der Waals surface area contributed by atoms with Crippen molar-refractivity contribution in [1.82, 2.24) is 5.32 Å².